The molecule has 168 valence electrons. The minimum Gasteiger partial charge on any atom is -0.495 e. The number of benzene rings is 2. The zero-order valence-electron chi connectivity index (χ0n) is 16.6. The van der Waals surface area contributed by atoms with Crippen molar-refractivity contribution in [2.45, 2.75) is 24.7 Å². The first kappa shape index (κ1) is 22.3. The van der Waals surface area contributed by atoms with Gasteiger partial charge >= 0.3 is 6.18 Å². The Kier molecular flexibility index (Phi) is 5.96. The van der Waals surface area contributed by atoms with Crippen molar-refractivity contribution in [2.75, 3.05) is 17.7 Å². The number of halogens is 5. The lowest BCUT2D eigenvalue weighted by Crippen LogP contribution is -2.35. The fourth-order valence-electron chi connectivity index (χ4n) is 3.54. The number of rotatable bonds is 4. The normalized spacial score (nSPS) is 17.9. The number of methoxy groups -OCH3 is 1. The van der Waals surface area contributed by atoms with Gasteiger partial charge in [-0.1, -0.05) is 35.3 Å². The highest BCUT2D eigenvalue weighted by Crippen LogP contribution is 2.43. The van der Waals surface area contributed by atoms with E-state index >= 15 is 0 Å². The second-order valence-electron chi connectivity index (χ2n) is 7.20. The number of amides is 1. The first-order chi connectivity index (χ1) is 15.2. The van der Waals surface area contributed by atoms with E-state index in [1.54, 1.807) is 36.4 Å². The number of hydrogen-bond acceptors (Lipinski definition) is 4. The fraction of sp³-hybridized carbons (Fsp3) is 0.238. The molecule has 2 N–H and O–H groups in total. The van der Waals surface area contributed by atoms with Gasteiger partial charge in [0.05, 0.1) is 18.2 Å². The van der Waals surface area contributed by atoms with Crippen molar-refractivity contribution in [3.05, 3.63) is 69.8 Å². The van der Waals surface area contributed by atoms with E-state index in [2.05, 4.69) is 15.7 Å². The molecule has 0 bridgehead atoms. The highest BCUT2D eigenvalue weighted by molar-refractivity contribution is 6.32. The topological polar surface area (TPSA) is 68.2 Å². The molecule has 32 heavy (non-hydrogen) atoms. The van der Waals surface area contributed by atoms with Gasteiger partial charge in [-0.2, -0.15) is 18.3 Å². The van der Waals surface area contributed by atoms with E-state index in [4.69, 9.17) is 27.9 Å². The molecule has 6 nitrogen and oxygen atoms in total. The summed E-state index contributed by atoms with van der Waals surface area (Å²) in [6.07, 6.45) is -4.83. The summed E-state index contributed by atoms with van der Waals surface area (Å²) < 4.78 is 47.3. The van der Waals surface area contributed by atoms with Crippen LogP contribution in [0.4, 0.5) is 24.7 Å². The van der Waals surface area contributed by atoms with Crippen molar-refractivity contribution in [3.8, 4) is 5.75 Å². The fourth-order valence-corrected chi connectivity index (χ4v) is 3.92. The number of carbonyl (C=O) groups excluding carboxylic acids is 1. The van der Waals surface area contributed by atoms with Crippen LogP contribution in [0.2, 0.25) is 10.0 Å². The number of ether oxygens (including phenoxy) is 1. The van der Waals surface area contributed by atoms with Crippen LogP contribution >= 0.6 is 23.2 Å². The minimum atomic E-state index is -4.55. The minimum absolute atomic E-state index is 0.0939. The van der Waals surface area contributed by atoms with E-state index in [1.807, 2.05) is 0 Å². The Morgan fingerprint density at radius 3 is 2.53 bits per heavy atom. The maximum atomic E-state index is 13.8. The van der Waals surface area contributed by atoms with Crippen LogP contribution in [0.15, 0.2) is 48.5 Å². The smallest absolute Gasteiger partial charge is 0.410 e. The Hall–Kier alpha value is -2.91. The molecule has 1 aliphatic heterocycles. The first-order valence-electron chi connectivity index (χ1n) is 9.49. The maximum Gasteiger partial charge on any atom is 0.410 e. The van der Waals surface area contributed by atoms with Gasteiger partial charge in [-0.3, -0.25) is 4.79 Å². The Labute approximate surface area is 191 Å². The standard InChI is InChI=1S/C21H17Cl2F3N4O2/c1-32-17-7-6-13(8-14(17)23)27-20(31)16-10-19-28-15(11-2-4-12(22)5-3-11)9-18(21(24,25)26)30(19)29-16/h2-8,10,15,18,28H,9H2,1H3,(H,27,31)/t15-,18+/m0/s1. The molecular formula is C21H17Cl2F3N4O2. The van der Waals surface area contributed by atoms with E-state index in [0.29, 0.717) is 22.0 Å². The Balaban J connectivity index is 1.62. The van der Waals surface area contributed by atoms with Crippen molar-refractivity contribution in [3.63, 3.8) is 0 Å². The second-order valence-corrected chi connectivity index (χ2v) is 8.05. The second kappa shape index (κ2) is 8.55. The zero-order chi connectivity index (χ0) is 23.0. The number of aromatic nitrogens is 2. The molecule has 0 fully saturated rings. The molecular weight excluding hydrogens is 468 g/mol. The van der Waals surface area contributed by atoms with Crippen LogP contribution in [-0.4, -0.2) is 29.0 Å². The third-order valence-corrected chi connectivity index (χ3v) is 5.65. The Bertz CT molecular complexity index is 1150. The van der Waals surface area contributed by atoms with Crippen LogP contribution in [0, 0.1) is 0 Å². The Morgan fingerprint density at radius 1 is 1.19 bits per heavy atom. The van der Waals surface area contributed by atoms with Crippen molar-refractivity contribution < 1.29 is 22.7 Å². The first-order valence-corrected chi connectivity index (χ1v) is 10.2. The highest BCUT2D eigenvalue weighted by atomic mass is 35.5. The van der Waals surface area contributed by atoms with Gasteiger partial charge in [0, 0.05) is 23.2 Å². The van der Waals surface area contributed by atoms with Crippen molar-refractivity contribution in [1.29, 1.82) is 0 Å². The van der Waals surface area contributed by atoms with Crippen LogP contribution in [-0.2, 0) is 0 Å². The molecule has 0 unspecified atom stereocenters. The van der Waals surface area contributed by atoms with E-state index in [-0.39, 0.29) is 23.0 Å². The summed E-state index contributed by atoms with van der Waals surface area (Å²) in [6.45, 7) is 0. The largest absolute Gasteiger partial charge is 0.495 e. The quantitative estimate of drug-likeness (QED) is 0.468. The van der Waals surface area contributed by atoms with Crippen LogP contribution in [0.3, 0.4) is 0 Å². The summed E-state index contributed by atoms with van der Waals surface area (Å²) in [5.74, 6) is -0.150. The molecule has 2 heterocycles. The number of anilines is 2. The van der Waals surface area contributed by atoms with Crippen LogP contribution in [0.1, 0.15) is 34.6 Å². The van der Waals surface area contributed by atoms with E-state index in [1.165, 1.54) is 19.2 Å². The van der Waals surface area contributed by atoms with Crippen molar-refractivity contribution >= 4 is 40.6 Å². The summed E-state index contributed by atoms with van der Waals surface area (Å²) in [4.78, 5) is 12.7. The summed E-state index contributed by atoms with van der Waals surface area (Å²) >= 11 is 11.9. The van der Waals surface area contributed by atoms with E-state index in [0.717, 1.165) is 4.68 Å². The summed E-state index contributed by atoms with van der Waals surface area (Å²) in [7, 11) is 1.45. The van der Waals surface area contributed by atoms with E-state index in [9.17, 15) is 18.0 Å². The number of nitrogens with zero attached hydrogens (tertiary/aromatic N) is 2. The van der Waals surface area contributed by atoms with Crippen LogP contribution in [0.5, 0.6) is 5.75 Å². The molecule has 1 aliphatic rings. The maximum absolute atomic E-state index is 13.8. The van der Waals surface area contributed by atoms with Gasteiger partial charge in [-0.25, -0.2) is 4.68 Å². The summed E-state index contributed by atoms with van der Waals surface area (Å²) in [6, 6.07) is 9.94. The molecule has 0 radical (unpaired) electrons. The SMILES string of the molecule is COc1ccc(NC(=O)c2cc3n(n2)[C@@H](C(F)(F)F)C[C@@H](c2ccc(Cl)cc2)N3)cc1Cl. The molecule has 11 heteroatoms. The van der Waals surface area contributed by atoms with Gasteiger partial charge in [-0.15, -0.1) is 0 Å². The average Bonchev–Trinajstić information content (AvgIpc) is 3.17. The van der Waals surface area contributed by atoms with Gasteiger partial charge in [-0.05, 0) is 35.9 Å². The third kappa shape index (κ3) is 4.49. The average molecular weight is 485 g/mol. The molecule has 0 saturated carbocycles. The van der Waals surface area contributed by atoms with Crippen LogP contribution in [0.25, 0.3) is 0 Å². The molecule has 2 aromatic carbocycles. The van der Waals surface area contributed by atoms with E-state index < -0.39 is 24.2 Å². The van der Waals surface area contributed by atoms with Gasteiger partial charge in [0.1, 0.15) is 11.6 Å². The lowest BCUT2D eigenvalue weighted by Gasteiger charge is -2.33. The van der Waals surface area contributed by atoms with Crippen molar-refractivity contribution in [1.82, 2.24) is 9.78 Å². The number of fused-ring (bicyclic) bond motifs is 1. The number of alkyl halides is 3. The number of hydrogen-bond donors (Lipinski definition) is 2. The summed E-state index contributed by atoms with van der Waals surface area (Å²) in [5, 5.41) is 10.3. The van der Waals surface area contributed by atoms with Gasteiger partial charge in [0.15, 0.2) is 11.7 Å². The molecule has 1 aromatic heterocycles. The van der Waals surface area contributed by atoms with Gasteiger partial charge < -0.3 is 15.4 Å². The number of nitrogens with one attached hydrogen (secondary N) is 2. The van der Waals surface area contributed by atoms with Gasteiger partial charge in [0.25, 0.3) is 5.91 Å². The molecule has 0 saturated heterocycles. The Morgan fingerprint density at radius 2 is 1.91 bits per heavy atom. The molecule has 3 aromatic rings. The molecule has 1 amide bonds. The third-order valence-electron chi connectivity index (χ3n) is 5.10. The lowest BCUT2D eigenvalue weighted by molar-refractivity contribution is -0.173. The molecule has 0 spiro atoms. The van der Waals surface area contributed by atoms with Crippen LogP contribution < -0.4 is 15.4 Å². The predicted molar refractivity (Wildman–Crippen MR) is 116 cm³/mol. The molecule has 0 aliphatic carbocycles. The molecule has 4 rings (SSSR count). The van der Waals surface area contributed by atoms with Crippen molar-refractivity contribution in [2.24, 2.45) is 0 Å². The monoisotopic (exact) mass is 484 g/mol. The number of carbonyl (C=O) groups is 1. The lowest BCUT2D eigenvalue weighted by atomic mass is 9.97. The predicted octanol–water partition coefficient (Wildman–Crippen LogP) is 6.11. The van der Waals surface area contributed by atoms with Gasteiger partial charge in [0.2, 0.25) is 0 Å². The summed E-state index contributed by atoms with van der Waals surface area (Å²) in [5.41, 5.74) is 0.839. The highest BCUT2D eigenvalue weighted by Gasteiger charge is 2.46. The zero-order valence-corrected chi connectivity index (χ0v) is 18.1. The molecule has 2 atom stereocenters.